The first kappa shape index (κ1) is 18.9. The van der Waals surface area contributed by atoms with Crippen LogP contribution in [0.5, 0.6) is 5.75 Å². The van der Waals surface area contributed by atoms with Crippen molar-refractivity contribution in [2.45, 2.75) is 57.5 Å². The molecule has 1 fully saturated rings. The third kappa shape index (κ3) is 4.36. The Labute approximate surface area is 166 Å². The number of fused-ring (bicyclic) bond motifs is 1. The number of aromatic nitrogens is 1. The Balaban J connectivity index is 1.58. The molecule has 0 spiro atoms. The predicted octanol–water partition coefficient (Wildman–Crippen LogP) is 3.39. The highest BCUT2D eigenvalue weighted by Crippen LogP contribution is 2.23. The molecule has 148 valence electrons. The highest BCUT2D eigenvalue weighted by atomic mass is 16.5. The highest BCUT2D eigenvalue weighted by molar-refractivity contribution is 5.92. The van der Waals surface area contributed by atoms with Crippen molar-refractivity contribution in [3.8, 4) is 5.75 Å². The molecule has 2 heterocycles. The Kier molecular flexibility index (Phi) is 5.91. The van der Waals surface area contributed by atoms with E-state index >= 15 is 0 Å². The lowest BCUT2D eigenvalue weighted by molar-refractivity contribution is 0.0922. The number of carbonyl (C=O) groups excluding carboxylic acids is 1. The van der Waals surface area contributed by atoms with Gasteiger partial charge < -0.3 is 15.4 Å². The van der Waals surface area contributed by atoms with Crippen molar-refractivity contribution >= 4 is 5.91 Å². The second-order valence-corrected chi connectivity index (χ2v) is 7.85. The average molecular weight is 380 g/mol. The SMILES string of the molecule is COc1ccc(Cc2cc(C(=O)NC3CCCCC3)nc3c2CCNC3)cc1. The van der Waals surface area contributed by atoms with Crippen molar-refractivity contribution in [1.82, 2.24) is 15.6 Å². The number of nitrogens with zero attached hydrogens (tertiary/aromatic N) is 1. The molecule has 28 heavy (non-hydrogen) atoms. The van der Waals surface area contributed by atoms with Crippen LogP contribution in [0.15, 0.2) is 30.3 Å². The molecule has 0 radical (unpaired) electrons. The zero-order valence-corrected chi connectivity index (χ0v) is 16.6. The molecule has 1 amide bonds. The molecular formula is C23H29N3O2. The summed E-state index contributed by atoms with van der Waals surface area (Å²) >= 11 is 0. The van der Waals surface area contributed by atoms with Gasteiger partial charge >= 0.3 is 0 Å². The molecule has 0 bridgehead atoms. The standard InChI is InChI=1S/C23H29N3O2/c1-28-19-9-7-16(8-10-19)13-17-14-21(26-22-15-24-12-11-20(17)22)23(27)25-18-5-3-2-4-6-18/h7-10,14,18,24H,2-6,11-13,15H2,1H3,(H,25,27). The Hall–Kier alpha value is -2.40. The van der Waals surface area contributed by atoms with Gasteiger partial charge in [-0.25, -0.2) is 4.98 Å². The first-order valence-corrected chi connectivity index (χ1v) is 10.4. The molecule has 2 N–H and O–H groups in total. The summed E-state index contributed by atoms with van der Waals surface area (Å²) in [5, 5.41) is 6.59. The number of pyridine rings is 1. The maximum atomic E-state index is 12.9. The number of hydrogen-bond acceptors (Lipinski definition) is 4. The van der Waals surface area contributed by atoms with Gasteiger partial charge in [-0.15, -0.1) is 0 Å². The zero-order chi connectivity index (χ0) is 19.3. The molecule has 1 aromatic heterocycles. The number of carbonyl (C=O) groups is 1. The van der Waals surface area contributed by atoms with Crippen LogP contribution >= 0.6 is 0 Å². The van der Waals surface area contributed by atoms with Crippen molar-refractivity contribution in [2.24, 2.45) is 0 Å². The van der Waals surface area contributed by atoms with E-state index in [-0.39, 0.29) is 5.91 Å². The Morgan fingerprint density at radius 3 is 2.75 bits per heavy atom. The van der Waals surface area contributed by atoms with Crippen molar-refractivity contribution in [1.29, 1.82) is 0 Å². The number of ether oxygens (including phenoxy) is 1. The number of rotatable bonds is 5. The van der Waals surface area contributed by atoms with E-state index in [1.165, 1.54) is 36.0 Å². The topological polar surface area (TPSA) is 63.2 Å². The summed E-state index contributed by atoms with van der Waals surface area (Å²) in [6, 6.07) is 10.5. The minimum Gasteiger partial charge on any atom is -0.497 e. The second-order valence-electron chi connectivity index (χ2n) is 7.85. The van der Waals surface area contributed by atoms with Crippen molar-refractivity contribution in [3.63, 3.8) is 0 Å². The first-order chi connectivity index (χ1) is 13.7. The Morgan fingerprint density at radius 2 is 2.00 bits per heavy atom. The van der Waals surface area contributed by atoms with Gasteiger partial charge in [0.15, 0.2) is 0 Å². The van der Waals surface area contributed by atoms with Crippen molar-refractivity contribution in [2.75, 3.05) is 13.7 Å². The molecule has 0 saturated heterocycles. The number of hydrogen-bond donors (Lipinski definition) is 2. The third-order valence-corrected chi connectivity index (χ3v) is 5.87. The number of nitrogens with one attached hydrogen (secondary N) is 2. The maximum absolute atomic E-state index is 12.9. The molecule has 1 aliphatic heterocycles. The fraction of sp³-hybridized carbons (Fsp3) is 0.478. The molecule has 1 aliphatic carbocycles. The van der Waals surface area contributed by atoms with Crippen LogP contribution in [0.25, 0.3) is 0 Å². The van der Waals surface area contributed by atoms with Crippen LogP contribution in [0, 0.1) is 0 Å². The molecular weight excluding hydrogens is 350 g/mol. The molecule has 0 unspecified atom stereocenters. The molecule has 5 heteroatoms. The average Bonchev–Trinajstić information content (AvgIpc) is 2.75. The number of benzene rings is 1. The fourth-order valence-corrected chi connectivity index (χ4v) is 4.30. The van der Waals surface area contributed by atoms with Gasteiger partial charge in [-0.05, 0) is 67.1 Å². The van der Waals surface area contributed by atoms with Gasteiger partial charge in [-0.1, -0.05) is 31.4 Å². The summed E-state index contributed by atoms with van der Waals surface area (Å²) in [6.07, 6.45) is 7.61. The molecule has 4 rings (SSSR count). The van der Waals surface area contributed by atoms with E-state index in [9.17, 15) is 4.79 Å². The summed E-state index contributed by atoms with van der Waals surface area (Å²) in [4.78, 5) is 17.6. The minimum atomic E-state index is -0.0312. The smallest absolute Gasteiger partial charge is 0.270 e. The van der Waals surface area contributed by atoms with Crippen LogP contribution in [0.2, 0.25) is 0 Å². The summed E-state index contributed by atoms with van der Waals surface area (Å²) in [5.74, 6) is 0.827. The van der Waals surface area contributed by atoms with Crippen LogP contribution < -0.4 is 15.4 Å². The lowest BCUT2D eigenvalue weighted by atomic mass is 9.93. The first-order valence-electron chi connectivity index (χ1n) is 10.4. The predicted molar refractivity (Wildman–Crippen MR) is 110 cm³/mol. The van der Waals surface area contributed by atoms with E-state index in [4.69, 9.17) is 9.72 Å². The second kappa shape index (κ2) is 8.74. The summed E-state index contributed by atoms with van der Waals surface area (Å²) < 4.78 is 5.26. The van der Waals surface area contributed by atoms with E-state index in [1.54, 1.807) is 7.11 Å². The van der Waals surface area contributed by atoms with Gasteiger partial charge in [0.05, 0.1) is 12.8 Å². The van der Waals surface area contributed by atoms with Gasteiger partial charge in [0.2, 0.25) is 0 Å². The molecule has 2 aliphatic rings. The molecule has 2 aromatic rings. The highest BCUT2D eigenvalue weighted by Gasteiger charge is 2.21. The van der Waals surface area contributed by atoms with E-state index in [2.05, 4.69) is 22.8 Å². The lowest BCUT2D eigenvalue weighted by Gasteiger charge is -2.24. The van der Waals surface area contributed by atoms with E-state index < -0.39 is 0 Å². The van der Waals surface area contributed by atoms with Crippen LogP contribution in [-0.4, -0.2) is 30.6 Å². The maximum Gasteiger partial charge on any atom is 0.270 e. The van der Waals surface area contributed by atoms with Crippen LogP contribution in [0.4, 0.5) is 0 Å². The van der Waals surface area contributed by atoms with E-state index in [1.807, 2.05) is 18.2 Å². The van der Waals surface area contributed by atoms with Gasteiger partial charge in [0.1, 0.15) is 11.4 Å². The van der Waals surface area contributed by atoms with Gasteiger partial charge in [0, 0.05) is 12.6 Å². The van der Waals surface area contributed by atoms with Crippen molar-refractivity contribution in [3.05, 3.63) is 58.4 Å². The molecule has 1 saturated carbocycles. The largest absolute Gasteiger partial charge is 0.497 e. The lowest BCUT2D eigenvalue weighted by Crippen LogP contribution is -2.37. The van der Waals surface area contributed by atoms with E-state index in [0.29, 0.717) is 11.7 Å². The van der Waals surface area contributed by atoms with Gasteiger partial charge in [-0.3, -0.25) is 4.79 Å². The normalized spacial score (nSPS) is 17.0. The molecule has 5 nitrogen and oxygen atoms in total. The number of methoxy groups -OCH3 is 1. The van der Waals surface area contributed by atoms with Gasteiger partial charge in [0.25, 0.3) is 5.91 Å². The zero-order valence-electron chi connectivity index (χ0n) is 16.6. The van der Waals surface area contributed by atoms with Gasteiger partial charge in [-0.2, -0.15) is 0 Å². The molecule has 0 atom stereocenters. The van der Waals surface area contributed by atoms with Crippen LogP contribution in [-0.2, 0) is 19.4 Å². The quantitative estimate of drug-likeness (QED) is 0.836. The summed E-state index contributed by atoms with van der Waals surface area (Å²) in [5.41, 5.74) is 5.29. The van der Waals surface area contributed by atoms with E-state index in [0.717, 1.165) is 50.2 Å². The Morgan fingerprint density at radius 1 is 1.21 bits per heavy atom. The Bertz CT molecular complexity index is 826. The minimum absolute atomic E-state index is 0.0312. The number of amides is 1. The molecule has 1 aromatic carbocycles. The summed E-state index contributed by atoms with van der Waals surface area (Å²) in [7, 11) is 1.68. The van der Waals surface area contributed by atoms with Crippen molar-refractivity contribution < 1.29 is 9.53 Å². The monoisotopic (exact) mass is 379 g/mol. The summed E-state index contributed by atoms with van der Waals surface area (Å²) in [6.45, 7) is 1.69. The third-order valence-electron chi connectivity index (χ3n) is 5.87. The van der Waals surface area contributed by atoms with Crippen LogP contribution in [0.3, 0.4) is 0 Å². The van der Waals surface area contributed by atoms with Crippen LogP contribution in [0.1, 0.15) is 65.0 Å². The fourth-order valence-electron chi connectivity index (χ4n) is 4.30.